The molecule has 0 saturated carbocycles. The molecule has 0 bridgehead atoms. The molecular weight excluding hydrogens is 406 g/mol. The second kappa shape index (κ2) is 8.90. The lowest BCUT2D eigenvalue weighted by molar-refractivity contribution is 0.0680. The van der Waals surface area contributed by atoms with Gasteiger partial charge in [-0.25, -0.2) is 24.5 Å². The maximum atomic E-state index is 11.3. The maximum Gasteiger partial charge on any atom is 0.354 e. The van der Waals surface area contributed by atoms with Crippen LogP contribution in [0.3, 0.4) is 0 Å². The van der Waals surface area contributed by atoms with Gasteiger partial charge in [0.25, 0.3) is 0 Å². The summed E-state index contributed by atoms with van der Waals surface area (Å²) in [6.07, 6.45) is 0. The summed E-state index contributed by atoms with van der Waals surface area (Å²) in [5, 5.41) is 18.5. The molecule has 4 aromatic rings. The summed E-state index contributed by atoms with van der Waals surface area (Å²) in [6.45, 7) is 0. The van der Waals surface area contributed by atoms with Crippen LogP contribution in [0, 0.1) is 11.8 Å². The number of rotatable bonds is 4. The second-order valence-electron chi connectivity index (χ2n) is 6.67. The number of hydrogen-bond acceptors (Lipinski definition) is 5. The lowest BCUT2D eigenvalue weighted by Gasteiger charge is -2.07. The van der Waals surface area contributed by atoms with Gasteiger partial charge in [0.1, 0.15) is 11.4 Å². The minimum Gasteiger partial charge on any atom is -0.477 e. The molecule has 0 atom stereocenters. The number of carboxylic acid groups (broad SMARTS) is 2. The zero-order valence-corrected chi connectivity index (χ0v) is 16.6. The summed E-state index contributed by atoms with van der Waals surface area (Å²) in [5.41, 5.74) is 2.68. The number of aromatic carboxylic acids is 2. The van der Waals surface area contributed by atoms with Crippen LogP contribution < -0.4 is 0 Å². The fraction of sp³-hybridized carbons (Fsp3) is 0. The van der Waals surface area contributed by atoms with Crippen LogP contribution in [-0.4, -0.2) is 37.1 Å². The third kappa shape index (κ3) is 4.66. The molecule has 4 rings (SSSR count). The molecule has 0 fully saturated rings. The largest absolute Gasteiger partial charge is 0.477 e. The van der Waals surface area contributed by atoms with Gasteiger partial charge < -0.3 is 10.2 Å². The first-order valence-corrected chi connectivity index (χ1v) is 9.50. The highest BCUT2D eigenvalue weighted by atomic mass is 16.4. The highest BCUT2D eigenvalue weighted by molar-refractivity contribution is 5.86. The summed E-state index contributed by atoms with van der Waals surface area (Å²) in [7, 11) is 0. The summed E-state index contributed by atoms with van der Waals surface area (Å²) < 4.78 is 0. The quantitative estimate of drug-likeness (QED) is 0.479. The van der Waals surface area contributed by atoms with Crippen molar-refractivity contribution in [2.24, 2.45) is 0 Å². The first kappa shape index (κ1) is 20.4. The van der Waals surface area contributed by atoms with Crippen LogP contribution in [0.4, 0.5) is 0 Å². The Balaban J connectivity index is 1.86. The van der Waals surface area contributed by atoms with E-state index in [0.29, 0.717) is 28.3 Å². The van der Waals surface area contributed by atoms with Gasteiger partial charge in [0.2, 0.25) is 0 Å². The number of carboxylic acids is 2. The van der Waals surface area contributed by atoms with Gasteiger partial charge in [0.05, 0.1) is 22.8 Å². The molecule has 0 aliphatic rings. The molecule has 154 valence electrons. The third-order valence-electron chi connectivity index (χ3n) is 4.41. The molecule has 3 heterocycles. The first-order chi connectivity index (χ1) is 15.5. The van der Waals surface area contributed by atoms with Crippen LogP contribution in [0.5, 0.6) is 0 Å². The normalized spacial score (nSPS) is 10.1. The summed E-state index contributed by atoms with van der Waals surface area (Å²) >= 11 is 0. The fourth-order valence-electron chi connectivity index (χ4n) is 2.92. The second-order valence-corrected chi connectivity index (χ2v) is 6.67. The van der Waals surface area contributed by atoms with Gasteiger partial charge in [-0.3, -0.25) is 0 Å². The predicted molar refractivity (Wildman–Crippen MR) is 117 cm³/mol. The van der Waals surface area contributed by atoms with Crippen LogP contribution in [0.1, 0.15) is 32.1 Å². The zero-order chi connectivity index (χ0) is 22.5. The summed E-state index contributed by atoms with van der Waals surface area (Å²) in [4.78, 5) is 35.5. The molecule has 0 radical (unpaired) electrons. The Labute approximate surface area is 183 Å². The fourth-order valence-corrected chi connectivity index (χ4v) is 2.92. The molecule has 32 heavy (non-hydrogen) atoms. The molecule has 0 amide bonds. The Kier molecular flexibility index (Phi) is 5.68. The number of aromatic nitrogens is 3. The minimum atomic E-state index is -1.15. The smallest absolute Gasteiger partial charge is 0.354 e. The summed E-state index contributed by atoms with van der Waals surface area (Å²) in [6, 6.07) is 22.1. The van der Waals surface area contributed by atoms with Crippen molar-refractivity contribution >= 4 is 11.9 Å². The van der Waals surface area contributed by atoms with E-state index in [0.717, 1.165) is 5.56 Å². The maximum absolute atomic E-state index is 11.3. The highest BCUT2D eigenvalue weighted by Crippen LogP contribution is 2.23. The Bertz CT molecular complexity index is 1310. The van der Waals surface area contributed by atoms with E-state index in [-0.39, 0.29) is 11.4 Å². The minimum absolute atomic E-state index is 0.113. The highest BCUT2D eigenvalue weighted by Gasteiger charge is 2.13. The van der Waals surface area contributed by atoms with Crippen molar-refractivity contribution in [3.63, 3.8) is 0 Å². The average Bonchev–Trinajstić information content (AvgIpc) is 2.83. The summed E-state index contributed by atoms with van der Waals surface area (Å²) in [5.74, 6) is 3.85. The van der Waals surface area contributed by atoms with Crippen molar-refractivity contribution in [1.82, 2.24) is 15.0 Å². The van der Waals surface area contributed by atoms with Gasteiger partial charge in [-0.05, 0) is 48.5 Å². The van der Waals surface area contributed by atoms with Gasteiger partial charge >= 0.3 is 11.9 Å². The Morgan fingerprint density at radius 3 is 1.56 bits per heavy atom. The molecule has 0 saturated heterocycles. The molecule has 7 heteroatoms. The van der Waals surface area contributed by atoms with E-state index in [1.165, 1.54) is 12.1 Å². The first-order valence-electron chi connectivity index (χ1n) is 9.50. The van der Waals surface area contributed by atoms with Crippen molar-refractivity contribution in [1.29, 1.82) is 0 Å². The molecular formula is C25H15N3O4. The topological polar surface area (TPSA) is 113 Å². The Hall–Kier alpha value is -4.83. The number of pyridine rings is 3. The molecule has 0 spiro atoms. The van der Waals surface area contributed by atoms with E-state index < -0.39 is 11.9 Å². The van der Waals surface area contributed by atoms with Crippen LogP contribution in [0.15, 0.2) is 78.9 Å². The van der Waals surface area contributed by atoms with Gasteiger partial charge in [0, 0.05) is 11.1 Å². The molecule has 7 nitrogen and oxygen atoms in total. The lowest BCUT2D eigenvalue weighted by Crippen LogP contribution is -2.03. The van der Waals surface area contributed by atoms with E-state index in [1.54, 1.807) is 36.4 Å². The number of nitrogens with zero attached hydrogens (tertiary/aromatic N) is 3. The molecule has 0 aliphatic heterocycles. The van der Waals surface area contributed by atoms with Crippen LogP contribution in [-0.2, 0) is 0 Å². The SMILES string of the molecule is O=C(O)c1cccc(-c2cc(C#Cc3ccccc3)cc(-c3cccc(C(=O)O)n3)n2)n1. The third-order valence-corrected chi connectivity index (χ3v) is 4.41. The lowest BCUT2D eigenvalue weighted by atomic mass is 10.1. The Morgan fingerprint density at radius 1 is 0.562 bits per heavy atom. The molecule has 0 aliphatic carbocycles. The van der Waals surface area contributed by atoms with Crippen molar-refractivity contribution < 1.29 is 19.8 Å². The molecule has 1 aromatic carbocycles. The molecule has 2 N–H and O–H groups in total. The zero-order valence-electron chi connectivity index (χ0n) is 16.6. The van der Waals surface area contributed by atoms with E-state index in [4.69, 9.17) is 0 Å². The van der Waals surface area contributed by atoms with Gasteiger partial charge in [-0.15, -0.1) is 0 Å². The monoisotopic (exact) mass is 421 g/mol. The number of carbonyl (C=O) groups is 2. The number of benzene rings is 1. The van der Waals surface area contributed by atoms with Crippen molar-refractivity contribution in [3.05, 3.63) is 101 Å². The van der Waals surface area contributed by atoms with Crippen LogP contribution in [0.25, 0.3) is 22.8 Å². The van der Waals surface area contributed by atoms with E-state index >= 15 is 0 Å². The van der Waals surface area contributed by atoms with Gasteiger partial charge in [-0.2, -0.15) is 0 Å². The van der Waals surface area contributed by atoms with Crippen molar-refractivity contribution in [2.45, 2.75) is 0 Å². The molecule has 0 unspecified atom stereocenters. The standard InChI is InChI=1S/C25H15N3O4/c29-24(30)20-10-4-8-18(26-20)22-14-17(13-12-16-6-2-1-3-7-16)15-23(28-22)19-9-5-11-21(27-19)25(31)32/h1-11,14-15H,(H,29,30)(H,31,32). The average molecular weight is 421 g/mol. The van der Waals surface area contributed by atoms with Crippen molar-refractivity contribution in [3.8, 4) is 34.6 Å². The molecule has 3 aromatic heterocycles. The Morgan fingerprint density at radius 2 is 1.06 bits per heavy atom. The van der Waals surface area contributed by atoms with E-state index in [2.05, 4.69) is 26.8 Å². The number of hydrogen-bond donors (Lipinski definition) is 2. The van der Waals surface area contributed by atoms with Crippen LogP contribution >= 0.6 is 0 Å². The van der Waals surface area contributed by atoms with Gasteiger partial charge in [-0.1, -0.05) is 42.2 Å². The van der Waals surface area contributed by atoms with Gasteiger partial charge in [0.15, 0.2) is 0 Å². The van der Waals surface area contributed by atoms with E-state index in [9.17, 15) is 19.8 Å². The predicted octanol–water partition coefficient (Wildman–Crippen LogP) is 4.00. The van der Waals surface area contributed by atoms with Crippen molar-refractivity contribution in [2.75, 3.05) is 0 Å². The van der Waals surface area contributed by atoms with E-state index in [1.807, 2.05) is 30.3 Å². The van der Waals surface area contributed by atoms with Crippen LogP contribution in [0.2, 0.25) is 0 Å².